The average molecular weight is 315 g/mol. The number of carbonyl (C=O) groups is 2. The molecular weight excluding hydrogens is 303 g/mol. The van der Waals surface area contributed by atoms with Crippen LogP contribution in [0.1, 0.15) is 41.6 Å². The highest BCUT2D eigenvalue weighted by Gasteiger charge is 2.34. The summed E-state index contributed by atoms with van der Waals surface area (Å²) >= 11 is 0. The summed E-state index contributed by atoms with van der Waals surface area (Å²) in [6.07, 6.45) is -3.00. The van der Waals surface area contributed by atoms with Crippen LogP contribution in [0.15, 0.2) is 18.2 Å². The van der Waals surface area contributed by atoms with Gasteiger partial charge >= 0.3 is 6.18 Å². The number of nitrogens with zero attached hydrogens (tertiary/aromatic N) is 1. The predicted molar refractivity (Wildman–Crippen MR) is 69.4 cm³/mol. The number of ketones is 2. The van der Waals surface area contributed by atoms with Crippen LogP contribution in [0.4, 0.5) is 18.9 Å². The summed E-state index contributed by atoms with van der Waals surface area (Å²) in [5, 5.41) is 10.9. The van der Waals surface area contributed by atoms with Gasteiger partial charge in [0.2, 0.25) is 0 Å². The van der Waals surface area contributed by atoms with Crippen molar-refractivity contribution in [1.29, 1.82) is 0 Å². The summed E-state index contributed by atoms with van der Waals surface area (Å²) in [5.74, 6) is -1.35. The van der Waals surface area contributed by atoms with Crippen LogP contribution in [0.3, 0.4) is 0 Å². The van der Waals surface area contributed by atoms with Crippen LogP contribution in [0.2, 0.25) is 0 Å². The van der Waals surface area contributed by atoms with Gasteiger partial charge in [0, 0.05) is 12.0 Å². The lowest BCUT2D eigenvalue weighted by Crippen LogP contribution is -2.24. The molecule has 8 heteroatoms. The molecule has 0 radical (unpaired) electrons. The van der Waals surface area contributed by atoms with E-state index in [1.165, 1.54) is 0 Å². The minimum atomic E-state index is -4.74. The molecule has 118 valence electrons. The van der Waals surface area contributed by atoms with Crippen molar-refractivity contribution in [2.75, 3.05) is 0 Å². The van der Waals surface area contributed by atoms with Crippen LogP contribution >= 0.6 is 0 Å². The van der Waals surface area contributed by atoms with Crippen molar-refractivity contribution in [1.82, 2.24) is 0 Å². The molecule has 1 aliphatic rings. The van der Waals surface area contributed by atoms with Gasteiger partial charge in [-0.1, -0.05) is 6.42 Å². The van der Waals surface area contributed by atoms with Crippen LogP contribution in [-0.4, -0.2) is 16.5 Å². The number of nitro groups is 1. The maximum absolute atomic E-state index is 12.6. The van der Waals surface area contributed by atoms with Crippen molar-refractivity contribution >= 4 is 17.3 Å². The molecule has 0 aliphatic heterocycles. The number of carbonyl (C=O) groups excluding carboxylic acids is 2. The summed E-state index contributed by atoms with van der Waals surface area (Å²) < 4.78 is 37.7. The molecule has 1 fully saturated rings. The van der Waals surface area contributed by atoms with Gasteiger partial charge < -0.3 is 0 Å². The molecule has 0 aromatic heterocycles. The normalized spacial score (nSPS) is 15.2. The Labute approximate surface area is 123 Å². The van der Waals surface area contributed by atoms with E-state index in [-0.39, 0.29) is 11.7 Å². The van der Waals surface area contributed by atoms with E-state index in [1.54, 1.807) is 0 Å². The van der Waals surface area contributed by atoms with Crippen LogP contribution in [0.25, 0.3) is 0 Å². The van der Waals surface area contributed by atoms with Gasteiger partial charge in [-0.05, 0) is 25.0 Å². The molecule has 1 saturated carbocycles. The first-order valence-corrected chi connectivity index (χ1v) is 6.61. The van der Waals surface area contributed by atoms with Gasteiger partial charge in [-0.15, -0.1) is 0 Å². The zero-order chi connectivity index (χ0) is 16.5. The molecule has 1 aromatic rings. The molecule has 5 nitrogen and oxygen atoms in total. The Morgan fingerprint density at radius 2 is 1.91 bits per heavy atom. The Bertz CT molecular complexity index is 635. The maximum atomic E-state index is 12.6. The zero-order valence-electron chi connectivity index (χ0n) is 11.4. The Kier molecular flexibility index (Phi) is 4.30. The molecule has 0 N–H and O–H groups in total. The van der Waals surface area contributed by atoms with Crippen molar-refractivity contribution in [3.8, 4) is 0 Å². The predicted octanol–water partition coefficient (Wildman–Crippen LogP) is 3.56. The Morgan fingerprint density at radius 1 is 1.27 bits per heavy atom. The third kappa shape index (κ3) is 3.32. The minimum Gasteiger partial charge on any atom is -0.299 e. The van der Waals surface area contributed by atoms with E-state index in [2.05, 4.69) is 0 Å². The fraction of sp³-hybridized carbons (Fsp3) is 0.429. The highest BCUT2D eigenvalue weighted by atomic mass is 19.4. The van der Waals surface area contributed by atoms with Gasteiger partial charge in [-0.2, -0.15) is 13.2 Å². The van der Waals surface area contributed by atoms with E-state index >= 15 is 0 Å². The van der Waals surface area contributed by atoms with Crippen molar-refractivity contribution in [3.05, 3.63) is 39.4 Å². The molecule has 0 atom stereocenters. The highest BCUT2D eigenvalue weighted by Crippen LogP contribution is 2.34. The number of hydrogen-bond donors (Lipinski definition) is 0. The molecule has 0 heterocycles. The second kappa shape index (κ2) is 5.86. The lowest BCUT2D eigenvalue weighted by molar-refractivity contribution is -0.385. The van der Waals surface area contributed by atoms with Crippen LogP contribution in [-0.2, 0) is 11.0 Å². The summed E-state index contributed by atoms with van der Waals surface area (Å²) in [5.41, 5.74) is -2.60. The Balaban J connectivity index is 2.27. The monoisotopic (exact) mass is 315 g/mol. The van der Waals surface area contributed by atoms with E-state index in [4.69, 9.17) is 0 Å². The summed E-state index contributed by atoms with van der Waals surface area (Å²) in [4.78, 5) is 33.6. The summed E-state index contributed by atoms with van der Waals surface area (Å²) in [6.45, 7) is 0. The van der Waals surface area contributed by atoms with Crippen LogP contribution in [0, 0.1) is 16.0 Å². The third-order valence-electron chi connectivity index (χ3n) is 3.72. The fourth-order valence-corrected chi connectivity index (χ4v) is 2.22. The highest BCUT2D eigenvalue weighted by molar-refractivity contribution is 6.10. The van der Waals surface area contributed by atoms with E-state index in [0.29, 0.717) is 25.0 Å². The van der Waals surface area contributed by atoms with E-state index in [9.17, 15) is 32.9 Å². The van der Waals surface area contributed by atoms with Gasteiger partial charge in [-0.3, -0.25) is 19.7 Å². The summed E-state index contributed by atoms with van der Waals surface area (Å²) in [6, 6.07) is 1.69. The molecule has 1 aliphatic carbocycles. The standard InChI is InChI=1S/C14H12F3NO4/c15-14(16,17)9-4-5-10(11(6-9)18(21)22)13(20)7-12(19)8-2-1-3-8/h4-6,8H,1-3,7H2. The smallest absolute Gasteiger partial charge is 0.299 e. The third-order valence-corrected chi connectivity index (χ3v) is 3.72. The number of hydrogen-bond acceptors (Lipinski definition) is 4. The van der Waals surface area contributed by atoms with E-state index in [1.807, 2.05) is 0 Å². The number of Topliss-reactive ketones (excluding diaryl/α,β-unsaturated/α-hetero) is 2. The molecule has 0 saturated heterocycles. The second-order valence-electron chi connectivity index (χ2n) is 5.18. The second-order valence-corrected chi connectivity index (χ2v) is 5.18. The maximum Gasteiger partial charge on any atom is 0.416 e. The number of halogens is 3. The van der Waals surface area contributed by atoms with Crippen LogP contribution < -0.4 is 0 Å². The first kappa shape index (κ1) is 16.1. The molecule has 2 rings (SSSR count). The zero-order valence-corrected chi connectivity index (χ0v) is 11.4. The first-order valence-electron chi connectivity index (χ1n) is 6.61. The van der Waals surface area contributed by atoms with Crippen molar-refractivity contribution in [2.45, 2.75) is 31.9 Å². The molecule has 0 unspecified atom stereocenters. The number of rotatable bonds is 5. The fourth-order valence-electron chi connectivity index (χ4n) is 2.22. The lowest BCUT2D eigenvalue weighted by Gasteiger charge is -2.23. The molecule has 0 amide bonds. The number of nitro benzene ring substituents is 1. The first-order chi connectivity index (χ1) is 10.2. The van der Waals surface area contributed by atoms with Crippen molar-refractivity contribution in [2.24, 2.45) is 5.92 Å². The van der Waals surface area contributed by atoms with Gasteiger partial charge in [-0.25, -0.2) is 0 Å². The average Bonchev–Trinajstić information content (AvgIpc) is 2.34. The molecule has 0 bridgehead atoms. The molecule has 22 heavy (non-hydrogen) atoms. The molecule has 1 aromatic carbocycles. The van der Waals surface area contributed by atoms with Gasteiger partial charge in [0.1, 0.15) is 5.78 Å². The number of alkyl halides is 3. The van der Waals surface area contributed by atoms with Gasteiger partial charge in [0.25, 0.3) is 5.69 Å². The summed E-state index contributed by atoms with van der Waals surface area (Å²) in [7, 11) is 0. The number of benzene rings is 1. The lowest BCUT2D eigenvalue weighted by atomic mass is 9.80. The van der Waals surface area contributed by atoms with Gasteiger partial charge in [0.05, 0.1) is 22.5 Å². The molecule has 0 spiro atoms. The Morgan fingerprint density at radius 3 is 2.36 bits per heavy atom. The Hall–Kier alpha value is -2.25. The van der Waals surface area contributed by atoms with E-state index < -0.39 is 40.1 Å². The largest absolute Gasteiger partial charge is 0.416 e. The van der Waals surface area contributed by atoms with E-state index in [0.717, 1.165) is 12.5 Å². The topological polar surface area (TPSA) is 77.3 Å². The minimum absolute atomic E-state index is 0.211. The molecular formula is C14H12F3NO4. The van der Waals surface area contributed by atoms with Crippen molar-refractivity contribution in [3.63, 3.8) is 0 Å². The van der Waals surface area contributed by atoms with Crippen molar-refractivity contribution < 1.29 is 27.7 Å². The SMILES string of the molecule is O=C(CC(=O)C1CCC1)c1ccc(C(F)(F)F)cc1[N+](=O)[O-]. The quantitative estimate of drug-likeness (QED) is 0.360. The van der Waals surface area contributed by atoms with Gasteiger partial charge in [0.15, 0.2) is 5.78 Å². The van der Waals surface area contributed by atoms with Crippen LogP contribution in [0.5, 0.6) is 0 Å².